The van der Waals surface area contributed by atoms with Crippen LogP contribution >= 0.6 is 11.6 Å². The molecule has 6 heteroatoms. The molecule has 1 heterocycles. The first kappa shape index (κ1) is 11.6. The zero-order valence-corrected chi connectivity index (χ0v) is 9.37. The topological polar surface area (TPSA) is 57.2 Å². The summed E-state index contributed by atoms with van der Waals surface area (Å²) in [6, 6.07) is 7.19. The van der Waals surface area contributed by atoms with Crippen molar-refractivity contribution in [1.82, 2.24) is 4.98 Å². The molecular weight excluding hydrogens is 245 g/mol. The van der Waals surface area contributed by atoms with Crippen LogP contribution in [0.4, 0.5) is 21.6 Å². The van der Waals surface area contributed by atoms with Crippen molar-refractivity contribution in [1.29, 1.82) is 0 Å². The van der Waals surface area contributed by atoms with Gasteiger partial charge in [0.15, 0.2) is 0 Å². The fourth-order valence-corrected chi connectivity index (χ4v) is 1.51. The van der Waals surface area contributed by atoms with E-state index in [0.717, 1.165) is 0 Å². The van der Waals surface area contributed by atoms with E-state index in [1.165, 1.54) is 24.4 Å². The number of anilines is 3. The van der Waals surface area contributed by atoms with Crippen molar-refractivity contribution >= 4 is 28.8 Å². The minimum atomic E-state index is -0.403. The van der Waals surface area contributed by atoms with E-state index in [0.29, 0.717) is 17.2 Å². The summed E-state index contributed by atoms with van der Waals surface area (Å²) < 4.78 is 12.8. The van der Waals surface area contributed by atoms with Gasteiger partial charge in [0.25, 0.3) is 0 Å². The fourth-order valence-electron chi connectivity index (χ4n) is 1.30. The molecule has 0 atom stereocenters. The van der Waals surface area contributed by atoms with Crippen molar-refractivity contribution in [3.05, 3.63) is 47.4 Å². The fraction of sp³-hybridized carbons (Fsp3) is 0. The van der Waals surface area contributed by atoms with Gasteiger partial charge >= 0.3 is 0 Å². The minimum Gasteiger partial charge on any atom is -0.339 e. The number of aromatic nitrogens is 1. The van der Waals surface area contributed by atoms with Crippen LogP contribution in [0.25, 0.3) is 0 Å². The highest BCUT2D eigenvalue weighted by atomic mass is 35.5. The molecule has 0 unspecified atom stereocenters. The standard InChI is InChI=1S/C11H9ClFN3O/c12-9-5-7(13)1-2-10(9)15-11-6-8(16-17)3-4-14-11/h1-6,17H,(H2,14,15,16). The van der Waals surface area contributed by atoms with Crippen LogP contribution in [0.3, 0.4) is 0 Å². The molecule has 2 aromatic rings. The molecule has 4 nitrogen and oxygen atoms in total. The van der Waals surface area contributed by atoms with Crippen LogP contribution in [0.15, 0.2) is 36.5 Å². The van der Waals surface area contributed by atoms with Gasteiger partial charge in [0, 0.05) is 12.3 Å². The Morgan fingerprint density at radius 3 is 2.76 bits per heavy atom. The Balaban J connectivity index is 2.25. The molecule has 0 radical (unpaired) electrons. The van der Waals surface area contributed by atoms with E-state index in [4.69, 9.17) is 16.8 Å². The third-order valence-corrected chi connectivity index (χ3v) is 2.40. The van der Waals surface area contributed by atoms with Gasteiger partial charge in [-0.1, -0.05) is 11.6 Å². The molecule has 3 N–H and O–H groups in total. The van der Waals surface area contributed by atoms with Gasteiger partial charge in [-0.2, -0.15) is 0 Å². The quantitative estimate of drug-likeness (QED) is 0.734. The Morgan fingerprint density at radius 2 is 2.06 bits per heavy atom. The summed E-state index contributed by atoms with van der Waals surface area (Å²) in [5, 5.41) is 11.9. The largest absolute Gasteiger partial charge is 0.339 e. The molecule has 88 valence electrons. The van der Waals surface area contributed by atoms with Crippen LogP contribution in [0, 0.1) is 5.82 Å². The number of rotatable bonds is 3. The van der Waals surface area contributed by atoms with Gasteiger partial charge in [-0.3, -0.25) is 10.7 Å². The second kappa shape index (κ2) is 4.99. The maximum absolute atomic E-state index is 12.8. The SMILES string of the molecule is ONc1ccnc(Nc2ccc(F)cc2Cl)c1. The molecular formula is C11H9ClFN3O. The number of nitrogens with zero attached hydrogens (tertiary/aromatic N) is 1. The van der Waals surface area contributed by atoms with Crippen LogP contribution < -0.4 is 10.8 Å². The smallest absolute Gasteiger partial charge is 0.132 e. The van der Waals surface area contributed by atoms with Gasteiger partial charge < -0.3 is 5.32 Å². The van der Waals surface area contributed by atoms with Gasteiger partial charge in [-0.05, 0) is 24.3 Å². The summed E-state index contributed by atoms with van der Waals surface area (Å²) in [5.41, 5.74) is 3.03. The van der Waals surface area contributed by atoms with Crippen LogP contribution in [-0.2, 0) is 0 Å². The number of hydrogen-bond acceptors (Lipinski definition) is 4. The van der Waals surface area contributed by atoms with E-state index >= 15 is 0 Å². The van der Waals surface area contributed by atoms with Crippen molar-refractivity contribution in [2.75, 3.05) is 10.8 Å². The predicted molar refractivity (Wildman–Crippen MR) is 64.3 cm³/mol. The number of hydrogen-bond donors (Lipinski definition) is 3. The summed E-state index contributed by atoms with van der Waals surface area (Å²) in [7, 11) is 0. The summed E-state index contributed by atoms with van der Waals surface area (Å²) in [6.07, 6.45) is 1.51. The highest BCUT2D eigenvalue weighted by Crippen LogP contribution is 2.25. The monoisotopic (exact) mass is 253 g/mol. The Bertz CT molecular complexity index is 536. The van der Waals surface area contributed by atoms with E-state index in [2.05, 4.69) is 10.3 Å². The van der Waals surface area contributed by atoms with Crippen molar-refractivity contribution in [3.8, 4) is 0 Å². The average Bonchev–Trinajstić information content (AvgIpc) is 2.33. The van der Waals surface area contributed by atoms with E-state index in [1.807, 2.05) is 5.48 Å². The van der Waals surface area contributed by atoms with Gasteiger partial charge in [-0.15, -0.1) is 0 Å². The summed E-state index contributed by atoms with van der Waals surface area (Å²) >= 11 is 5.86. The van der Waals surface area contributed by atoms with Gasteiger partial charge in [0.1, 0.15) is 11.6 Å². The normalized spacial score (nSPS) is 10.1. The molecule has 0 fully saturated rings. The van der Waals surface area contributed by atoms with E-state index in [9.17, 15) is 4.39 Å². The molecule has 0 spiro atoms. The molecule has 0 aliphatic carbocycles. The third-order valence-electron chi connectivity index (χ3n) is 2.08. The first-order chi connectivity index (χ1) is 8.19. The molecule has 0 aliphatic rings. The summed E-state index contributed by atoms with van der Waals surface area (Å²) in [4.78, 5) is 4.03. The second-order valence-electron chi connectivity index (χ2n) is 3.29. The van der Waals surface area contributed by atoms with E-state index < -0.39 is 5.82 Å². The van der Waals surface area contributed by atoms with Crippen LogP contribution in [0.2, 0.25) is 5.02 Å². The maximum Gasteiger partial charge on any atom is 0.132 e. The first-order valence-corrected chi connectivity index (χ1v) is 5.15. The summed E-state index contributed by atoms with van der Waals surface area (Å²) in [6.45, 7) is 0. The summed E-state index contributed by atoms with van der Waals surface area (Å²) in [5.74, 6) is 0.0804. The van der Waals surface area contributed by atoms with E-state index in [1.54, 1.807) is 12.1 Å². The molecule has 0 saturated carbocycles. The Morgan fingerprint density at radius 1 is 1.24 bits per heavy atom. The number of pyridine rings is 1. The van der Waals surface area contributed by atoms with Crippen LogP contribution in [-0.4, -0.2) is 10.2 Å². The molecule has 1 aromatic carbocycles. The zero-order chi connectivity index (χ0) is 12.3. The Kier molecular flexibility index (Phi) is 3.41. The molecule has 0 aliphatic heterocycles. The van der Waals surface area contributed by atoms with Crippen LogP contribution in [0.1, 0.15) is 0 Å². The average molecular weight is 254 g/mol. The van der Waals surface area contributed by atoms with Crippen molar-refractivity contribution in [2.24, 2.45) is 0 Å². The molecule has 0 bridgehead atoms. The number of nitrogens with one attached hydrogen (secondary N) is 2. The highest BCUT2D eigenvalue weighted by Gasteiger charge is 2.03. The van der Waals surface area contributed by atoms with Crippen molar-refractivity contribution in [3.63, 3.8) is 0 Å². The highest BCUT2D eigenvalue weighted by molar-refractivity contribution is 6.33. The van der Waals surface area contributed by atoms with Crippen molar-refractivity contribution in [2.45, 2.75) is 0 Å². The van der Waals surface area contributed by atoms with Gasteiger partial charge in [0.05, 0.1) is 16.4 Å². The molecule has 1 aromatic heterocycles. The molecule has 0 amide bonds. The lowest BCUT2D eigenvalue weighted by atomic mass is 10.3. The van der Waals surface area contributed by atoms with Gasteiger partial charge in [0.2, 0.25) is 0 Å². The first-order valence-electron chi connectivity index (χ1n) is 4.77. The molecule has 17 heavy (non-hydrogen) atoms. The predicted octanol–water partition coefficient (Wildman–Crippen LogP) is 3.42. The Hall–Kier alpha value is -1.85. The van der Waals surface area contributed by atoms with Crippen LogP contribution in [0.5, 0.6) is 0 Å². The Labute approximate surface area is 102 Å². The maximum atomic E-state index is 12.8. The molecule has 2 rings (SSSR count). The van der Waals surface area contributed by atoms with Gasteiger partial charge in [-0.25, -0.2) is 9.37 Å². The lowest BCUT2D eigenvalue weighted by Gasteiger charge is -2.08. The number of halogens is 2. The lowest BCUT2D eigenvalue weighted by molar-refractivity contribution is 0.389. The zero-order valence-electron chi connectivity index (χ0n) is 8.61. The van der Waals surface area contributed by atoms with E-state index in [-0.39, 0.29) is 5.02 Å². The minimum absolute atomic E-state index is 0.258. The number of benzene rings is 1. The lowest BCUT2D eigenvalue weighted by Crippen LogP contribution is -1.96. The molecule has 0 saturated heterocycles. The third kappa shape index (κ3) is 2.83. The second-order valence-corrected chi connectivity index (χ2v) is 3.70. The van der Waals surface area contributed by atoms with Crippen molar-refractivity contribution < 1.29 is 9.60 Å².